The van der Waals surface area contributed by atoms with E-state index in [4.69, 9.17) is 4.74 Å². The Balaban J connectivity index is 2.45. The Kier molecular flexibility index (Phi) is 7.75. The van der Waals surface area contributed by atoms with Crippen molar-refractivity contribution >= 4 is 26.0 Å². The summed E-state index contributed by atoms with van der Waals surface area (Å²) in [7, 11) is -1.58. The molecule has 1 aliphatic rings. The summed E-state index contributed by atoms with van der Waals surface area (Å²) in [6.45, 7) is 0.426. The zero-order valence-corrected chi connectivity index (χ0v) is 13.4. The summed E-state index contributed by atoms with van der Waals surface area (Å²) in [5.74, 6) is 0.610. The van der Waals surface area contributed by atoms with Crippen molar-refractivity contribution in [2.45, 2.75) is 44.6 Å². The van der Waals surface area contributed by atoms with E-state index >= 15 is 0 Å². The van der Waals surface area contributed by atoms with E-state index < -0.39 is 10.0 Å². The van der Waals surface area contributed by atoms with Crippen LogP contribution in [0.15, 0.2) is 0 Å². The Morgan fingerprint density at radius 1 is 1.33 bits per heavy atom. The Labute approximate surface area is 119 Å². The molecule has 108 valence electrons. The highest BCUT2D eigenvalue weighted by Gasteiger charge is 2.23. The fraction of sp³-hybridized carbons (Fsp3) is 1.00. The minimum atomic E-state index is -3.18. The van der Waals surface area contributed by atoms with Gasteiger partial charge in [0, 0.05) is 18.5 Å². The number of hydrogen-bond donors (Lipinski definition) is 1. The topological polar surface area (TPSA) is 55.4 Å². The zero-order chi connectivity index (χ0) is 13.4. The summed E-state index contributed by atoms with van der Waals surface area (Å²) in [4.78, 5) is 0. The van der Waals surface area contributed by atoms with E-state index in [1.807, 2.05) is 0 Å². The van der Waals surface area contributed by atoms with Gasteiger partial charge in [-0.25, -0.2) is 13.1 Å². The van der Waals surface area contributed by atoms with E-state index in [0.717, 1.165) is 24.6 Å². The van der Waals surface area contributed by atoms with E-state index in [0.29, 0.717) is 12.5 Å². The lowest BCUT2D eigenvalue weighted by Crippen LogP contribution is -2.41. The summed E-state index contributed by atoms with van der Waals surface area (Å²) in [5.41, 5.74) is 0. The highest BCUT2D eigenvalue weighted by atomic mass is 79.9. The van der Waals surface area contributed by atoms with Crippen molar-refractivity contribution in [1.82, 2.24) is 4.72 Å². The van der Waals surface area contributed by atoms with Gasteiger partial charge >= 0.3 is 0 Å². The van der Waals surface area contributed by atoms with Crippen LogP contribution in [0.5, 0.6) is 0 Å². The van der Waals surface area contributed by atoms with Crippen molar-refractivity contribution < 1.29 is 13.2 Å². The summed E-state index contributed by atoms with van der Waals surface area (Å²) < 4.78 is 32.0. The van der Waals surface area contributed by atoms with Crippen LogP contribution in [0, 0.1) is 5.92 Å². The largest absolute Gasteiger partial charge is 0.383 e. The molecule has 0 bridgehead atoms. The number of nitrogens with one attached hydrogen (secondary N) is 1. The van der Waals surface area contributed by atoms with Crippen LogP contribution in [-0.4, -0.2) is 39.3 Å². The van der Waals surface area contributed by atoms with Crippen molar-refractivity contribution in [2.24, 2.45) is 5.92 Å². The number of rotatable bonds is 8. The van der Waals surface area contributed by atoms with Crippen LogP contribution in [0.1, 0.15) is 38.5 Å². The number of hydrogen-bond acceptors (Lipinski definition) is 3. The first-order chi connectivity index (χ1) is 8.57. The molecule has 6 heteroatoms. The van der Waals surface area contributed by atoms with Gasteiger partial charge in [-0.2, -0.15) is 0 Å². The lowest BCUT2D eigenvalue weighted by Gasteiger charge is -2.23. The van der Waals surface area contributed by atoms with E-state index in [2.05, 4.69) is 20.7 Å². The molecule has 1 rings (SSSR count). The van der Waals surface area contributed by atoms with Crippen LogP contribution in [-0.2, 0) is 14.8 Å². The van der Waals surface area contributed by atoms with Gasteiger partial charge in [-0.3, -0.25) is 0 Å². The zero-order valence-electron chi connectivity index (χ0n) is 11.0. The lowest BCUT2D eigenvalue weighted by atomic mass is 9.91. The highest BCUT2D eigenvalue weighted by Crippen LogP contribution is 2.24. The van der Waals surface area contributed by atoms with Gasteiger partial charge in [-0.1, -0.05) is 35.2 Å². The molecular formula is C12H24BrNO3S. The van der Waals surface area contributed by atoms with Crippen molar-refractivity contribution in [2.75, 3.05) is 24.8 Å². The molecule has 0 aromatic rings. The molecule has 0 saturated heterocycles. The number of methoxy groups -OCH3 is 1. The van der Waals surface area contributed by atoms with Crippen LogP contribution in [0.25, 0.3) is 0 Å². The standard InChI is InChI=1S/C12H24BrNO3S/c1-17-9-12(7-8-13)14-18(15,16)10-11-5-3-2-4-6-11/h11-12,14H,2-10H2,1H3. The first-order valence-corrected chi connectivity index (χ1v) is 9.39. The van der Waals surface area contributed by atoms with E-state index in [1.54, 1.807) is 7.11 Å². The molecule has 0 heterocycles. The Bertz CT molecular complexity index is 309. The van der Waals surface area contributed by atoms with Crippen molar-refractivity contribution in [3.63, 3.8) is 0 Å². The molecule has 1 fully saturated rings. The predicted molar refractivity (Wildman–Crippen MR) is 77.6 cm³/mol. The molecule has 1 N–H and O–H groups in total. The maximum absolute atomic E-state index is 12.1. The quantitative estimate of drug-likeness (QED) is 0.689. The average Bonchev–Trinajstić information content (AvgIpc) is 2.29. The Hall–Kier alpha value is 0.350. The third-order valence-corrected chi connectivity index (χ3v) is 5.41. The summed E-state index contributed by atoms with van der Waals surface area (Å²) in [5, 5.41) is 0.771. The van der Waals surface area contributed by atoms with E-state index in [1.165, 1.54) is 19.3 Å². The molecule has 0 amide bonds. The van der Waals surface area contributed by atoms with Gasteiger partial charge in [0.2, 0.25) is 10.0 Å². The first-order valence-electron chi connectivity index (χ1n) is 6.62. The molecule has 0 spiro atoms. The molecule has 0 aromatic carbocycles. The maximum atomic E-state index is 12.1. The number of alkyl halides is 1. The molecule has 0 aromatic heterocycles. The summed E-state index contributed by atoms with van der Waals surface area (Å²) in [6, 6.07) is -0.122. The first kappa shape index (κ1) is 16.4. The van der Waals surface area contributed by atoms with Crippen molar-refractivity contribution in [1.29, 1.82) is 0 Å². The van der Waals surface area contributed by atoms with Crippen LogP contribution in [0.3, 0.4) is 0 Å². The van der Waals surface area contributed by atoms with Crippen LogP contribution >= 0.6 is 15.9 Å². The van der Waals surface area contributed by atoms with Gasteiger partial charge in [0.05, 0.1) is 12.4 Å². The van der Waals surface area contributed by atoms with Gasteiger partial charge in [0.25, 0.3) is 0 Å². The maximum Gasteiger partial charge on any atom is 0.212 e. The molecule has 0 aliphatic heterocycles. The van der Waals surface area contributed by atoms with Crippen LogP contribution in [0.4, 0.5) is 0 Å². The second-order valence-corrected chi connectivity index (χ2v) is 7.62. The van der Waals surface area contributed by atoms with Gasteiger partial charge in [-0.05, 0) is 25.2 Å². The second kappa shape index (κ2) is 8.51. The SMILES string of the molecule is COCC(CCBr)NS(=O)(=O)CC1CCCCC1. The minimum absolute atomic E-state index is 0.122. The predicted octanol–water partition coefficient (Wildman–Crippen LogP) is 2.29. The van der Waals surface area contributed by atoms with Gasteiger partial charge < -0.3 is 4.74 Å². The fourth-order valence-corrected chi connectivity index (χ4v) is 4.77. The number of halogens is 1. The second-order valence-electron chi connectivity index (χ2n) is 5.03. The average molecular weight is 342 g/mol. The van der Waals surface area contributed by atoms with Crippen molar-refractivity contribution in [3.8, 4) is 0 Å². The third-order valence-electron chi connectivity index (χ3n) is 3.35. The Morgan fingerprint density at radius 3 is 2.56 bits per heavy atom. The highest BCUT2D eigenvalue weighted by molar-refractivity contribution is 9.09. The molecule has 1 aliphatic carbocycles. The fourth-order valence-electron chi connectivity index (χ4n) is 2.48. The normalized spacial score (nSPS) is 19.9. The van der Waals surface area contributed by atoms with E-state index in [-0.39, 0.29) is 11.8 Å². The van der Waals surface area contributed by atoms with Crippen LogP contribution in [0.2, 0.25) is 0 Å². The molecule has 4 nitrogen and oxygen atoms in total. The molecule has 18 heavy (non-hydrogen) atoms. The smallest absolute Gasteiger partial charge is 0.212 e. The van der Waals surface area contributed by atoms with Gasteiger partial charge in [-0.15, -0.1) is 0 Å². The van der Waals surface area contributed by atoms with Crippen LogP contribution < -0.4 is 4.72 Å². The van der Waals surface area contributed by atoms with E-state index in [9.17, 15) is 8.42 Å². The monoisotopic (exact) mass is 341 g/mol. The molecule has 1 saturated carbocycles. The molecular weight excluding hydrogens is 318 g/mol. The van der Waals surface area contributed by atoms with Gasteiger partial charge in [0.1, 0.15) is 0 Å². The molecule has 1 unspecified atom stereocenters. The van der Waals surface area contributed by atoms with Crippen molar-refractivity contribution in [3.05, 3.63) is 0 Å². The lowest BCUT2D eigenvalue weighted by molar-refractivity contribution is 0.173. The van der Waals surface area contributed by atoms with Gasteiger partial charge in [0.15, 0.2) is 0 Å². The molecule has 0 radical (unpaired) electrons. The summed E-state index contributed by atoms with van der Waals surface area (Å²) in [6.07, 6.45) is 6.44. The summed E-state index contributed by atoms with van der Waals surface area (Å²) >= 11 is 3.34. The molecule has 1 atom stereocenters. The third kappa shape index (κ3) is 6.50. The number of ether oxygens (including phenoxy) is 1. The number of sulfonamides is 1. The Morgan fingerprint density at radius 2 is 2.00 bits per heavy atom. The minimum Gasteiger partial charge on any atom is -0.383 e.